The Morgan fingerprint density at radius 3 is 2.33 bits per heavy atom. The first-order valence-corrected chi connectivity index (χ1v) is 12.0. The van der Waals surface area contributed by atoms with Crippen molar-refractivity contribution in [3.63, 3.8) is 0 Å². The number of ether oxygens (including phenoxy) is 2. The fourth-order valence-electron chi connectivity index (χ4n) is 4.34. The topological polar surface area (TPSA) is 59.8 Å². The summed E-state index contributed by atoms with van der Waals surface area (Å²) in [6, 6.07) is 14.0. The Bertz CT molecular complexity index is 1170. The second kappa shape index (κ2) is 9.19. The molecule has 0 saturated carbocycles. The molecular formula is C25H27BrN4O3. The zero-order chi connectivity index (χ0) is 22.9. The molecule has 0 bridgehead atoms. The number of aromatic nitrogens is 2. The van der Waals surface area contributed by atoms with Crippen LogP contribution in [0.4, 0.5) is 0 Å². The number of aryl methyl sites for hydroxylation is 1. The fourth-order valence-corrected chi connectivity index (χ4v) is 4.63. The van der Waals surface area contributed by atoms with Crippen molar-refractivity contribution in [1.82, 2.24) is 19.6 Å². The van der Waals surface area contributed by atoms with E-state index in [1.54, 1.807) is 0 Å². The van der Waals surface area contributed by atoms with E-state index in [0.717, 1.165) is 71.2 Å². The molecule has 1 amide bonds. The maximum atomic E-state index is 13.0. The summed E-state index contributed by atoms with van der Waals surface area (Å²) in [6.07, 6.45) is 0. The molecular weight excluding hydrogens is 484 g/mol. The first-order valence-electron chi connectivity index (χ1n) is 11.2. The molecule has 172 valence electrons. The van der Waals surface area contributed by atoms with Gasteiger partial charge in [-0.1, -0.05) is 18.2 Å². The number of carbonyl (C=O) groups is 1. The van der Waals surface area contributed by atoms with E-state index in [0.29, 0.717) is 13.3 Å². The van der Waals surface area contributed by atoms with E-state index in [2.05, 4.69) is 32.0 Å². The summed E-state index contributed by atoms with van der Waals surface area (Å²) in [5.74, 6) is 1.72. The van der Waals surface area contributed by atoms with E-state index in [1.165, 1.54) is 5.56 Å². The SMILES string of the molecule is Cc1nn(Cc2ccc(C(=O)N3CCN(Cc4ccc5c(c4)OCO5)CC3)cc2)c(C)c1Br. The lowest BCUT2D eigenvalue weighted by molar-refractivity contribution is 0.0628. The van der Waals surface area contributed by atoms with Gasteiger partial charge in [-0.05, 0) is 65.2 Å². The summed E-state index contributed by atoms with van der Waals surface area (Å²) < 4.78 is 13.9. The molecule has 3 heterocycles. The van der Waals surface area contributed by atoms with Gasteiger partial charge in [0.15, 0.2) is 11.5 Å². The van der Waals surface area contributed by atoms with Crippen molar-refractivity contribution in [2.75, 3.05) is 33.0 Å². The number of halogens is 1. The van der Waals surface area contributed by atoms with Crippen LogP contribution in [0.2, 0.25) is 0 Å². The van der Waals surface area contributed by atoms with Crippen LogP contribution in [-0.4, -0.2) is 58.5 Å². The monoisotopic (exact) mass is 510 g/mol. The van der Waals surface area contributed by atoms with Gasteiger partial charge in [-0.2, -0.15) is 5.10 Å². The van der Waals surface area contributed by atoms with Crippen molar-refractivity contribution in [3.05, 3.63) is 75.0 Å². The Morgan fingerprint density at radius 2 is 1.64 bits per heavy atom. The molecule has 1 saturated heterocycles. The predicted molar refractivity (Wildman–Crippen MR) is 129 cm³/mol. The van der Waals surface area contributed by atoms with Crippen molar-refractivity contribution >= 4 is 21.8 Å². The van der Waals surface area contributed by atoms with Gasteiger partial charge in [0.2, 0.25) is 6.79 Å². The maximum absolute atomic E-state index is 13.0. The molecule has 8 heteroatoms. The lowest BCUT2D eigenvalue weighted by atomic mass is 10.1. The molecule has 3 aromatic rings. The van der Waals surface area contributed by atoms with Crippen LogP contribution < -0.4 is 9.47 Å². The van der Waals surface area contributed by atoms with Crippen LogP contribution in [0.3, 0.4) is 0 Å². The number of carbonyl (C=O) groups excluding carboxylic acids is 1. The van der Waals surface area contributed by atoms with E-state index < -0.39 is 0 Å². The molecule has 0 N–H and O–H groups in total. The number of amides is 1. The van der Waals surface area contributed by atoms with Gasteiger partial charge in [0, 0.05) is 38.3 Å². The highest BCUT2D eigenvalue weighted by Gasteiger charge is 2.23. The van der Waals surface area contributed by atoms with Gasteiger partial charge in [0.1, 0.15) is 0 Å². The van der Waals surface area contributed by atoms with Crippen LogP contribution in [0.15, 0.2) is 46.9 Å². The summed E-state index contributed by atoms with van der Waals surface area (Å²) >= 11 is 3.57. The Labute approximate surface area is 202 Å². The molecule has 5 rings (SSSR count). The van der Waals surface area contributed by atoms with Gasteiger partial charge < -0.3 is 14.4 Å². The quantitative estimate of drug-likeness (QED) is 0.519. The molecule has 7 nitrogen and oxygen atoms in total. The molecule has 1 aromatic heterocycles. The van der Waals surface area contributed by atoms with Crippen LogP contribution in [0.25, 0.3) is 0 Å². The third-order valence-electron chi connectivity index (χ3n) is 6.33. The summed E-state index contributed by atoms with van der Waals surface area (Å²) in [4.78, 5) is 17.3. The molecule has 1 fully saturated rings. The van der Waals surface area contributed by atoms with Crippen molar-refractivity contribution < 1.29 is 14.3 Å². The van der Waals surface area contributed by atoms with Crippen LogP contribution in [0, 0.1) is 13.8 Å². The predicted octanol–water partition coefficient (Wildman–Crippen LogP) is 4.00. The summed E-state index contributed by atoms with van der Waals surface area (Å²) in [5, 5.41) is 4.57. The van der Waals surface area contributed by atoms with E-state index >= 15 is 0 Å². The number of hydrogen-bond acceptors (Lipinski definition) is 5. The number of fused-ring (bicyclic) bond motifs is 1. The van der Waals surface area contributed by atoms with Gasteiger partial charge in [-0.3, -0.25) is 14.4 Å². The van der Waals surface area contributed by atoms with Crippen LogP contribution in [-0.2, 0) is 13.1 Å². The normalized spacial score (nSPS) is 15.8. The van der Waals surface area contributed by atoms with Crippen LogP contribution in [0.5, 0.6) is 11.5 Å². The standard InChI is InChI=1S/C25H27BrN4O3/c1-17-24(26)18(2)30(27-17)15-19-3-6-21(7-4-19)25(31)29-11-9-28(10-12-29)14-20-5-8-22-23(13-20)33-16-32-22/h3-8,13H,9-12,14-16H2,1-2H3. The van der Waals surface area contributed by atoms with Crippen molar-refractivity contribution in [3.8, 4) is 11.5 Å². The highest BCUT2D eigenvalue weighted by Crippen LogP contribution is 2.33. The summed E-state index contributed by atoms with van der Waals surface area (Å²) in [5.41, 5.74) is 5.14. The largest absolute Gasteiger partial charge is 0.454 e. The molecule has 2 aromatic carbocycles. The lowest BCUT2D eigenvalue weighted by Gasteiger charge is -2.34. The number of nitrogens with zero attached hydrogens (tertiary/aromatic N) is 4. The number of hydrogen-bond donors (Lipinski definition) is 0. The maximum Gasteiger partial charge on any atom is 0.253 e. The van der Waals surface area contributed by atoms with Crippen molar-refractivity contribution in [1.29, 1.82) is 0 Å². The third-order valence-corrected chi connectivity index (χ3v) is 7.48. The molecule has 0 atom stereocenters. The minimum Gasteiger partial charge on any atom is -0.454 e. The zero-order valence-corrected chi connectivity index (χ0v) is 20.5. The molecule has 0 unspecified atom stereocenters. The van der Waals surface area contributed by atoms with Gasteiger partial charge in [0.25, 0.3) is 5.91 Å². The Morgan fingerprint density at radius 1 is 0.939 bits per heavy atom. The minimum atomic E-state index is 0.0955. The van der Waals surface area contributed by atoms with Gasteiger partial charge in [-0.15, -0.1) is 0 Å². The Kier molecular flexibility index (Phi) is 6.12. The first kappa shape index (κ1) is 22.0. The van der Waals surface area contributed by atoms with E-state index in [9.17, 15) is 4.79 Å². The van der Waals surface area contributed by atoms with E-state index in [4.69, 9.17) is 9.47 Å². The zero-order valence-electron chi connectivity index (χ0n) is 18.9. The number of rotatable bonds is 5. The highest BCUT2D eigenvalue weighted by atomic mass is 79.9. The average molecular weight is 511 g/mol. The third kappa shape index (κ3) is 4.63. The second-order valence-electron chi connectivity index (χ2n) is 8.60. The van der Waals surface area contributed by atoms with E-state index in [1.807, 2.05) is 59.8 Å². The second-order valence-corrected chi connectivity index (χ2v) is 9.39. The van der Waals surface area contributed by atoms with Crippen LogP contribution in [0.1, 0.15) is 32.9 Å². The first-order chi connectivity index (χ1) is 16.0. The highest BCUT2D eigenvalue weighted by molar-refractivity contribution is 9.10. The minimum absolute atomic E-state index is 0.0955. The van der Waals surface area contributed by atoms with Gasteiger partial charge >= 0.3 is 0 Å². The molecule has 0 spiro atoms. The summed E-state index contributed by atoms with van der Waals surface area (Å²) in [6.45, 7) is 9.02. The molecule has 33 heavy (non-hydrogen) atoms. The molecule has 0 radical (unpaired) electrons. The number of piperazine rings is 1. The number of benzene rings is 2. The molecule has 0 aliphatic carbocycles. The fraction of sp³-hybridized carbons (Fsp3) is 0.360. The Balaban J connectivity index is 1.15. The van der Waals surface area contributed by atoms with Gasteiger partial charge in [-0.25, -0.2) is 0 Å². The average Bonchev–Trinajstić information content (AvgIpc) is 3.39. The van der Waals surface area contributed by atoms with Crippen molar-refractivity contribution in [2.45, 2.75) is 26.9 Å². The summed E-state index contributed by atoms with van der Waals surface area (Å²) in [7, 11) is 0. The smallest absolute Gasteiger partial charge is 0.253 e. The van der Waals surface area contributed by atoms with Crippen LogP contribution >= 0.6 is 15.9 Å². The molecule has 2 aliphatic heterocycles. The Hall–Kier alpha value is -2.84. The van der Waals surface area contributed by atoms with Gasteiger partial charge in [0.05, 0.1) is 22.4 Å². The van der Waals surface area contributed by atoms with E-state index in [-0.39, 0.29) is 5.91 Å². The van der Waals surface area contributed by atoms with Crippen molar-refractivity contribution in [2.24, 2.45) is 0 Å². The lowest BCUT2D eigenvalue weighted by Crippen LogP contribution is -2.48. The molecule has 2 aliphatic rings.